The van der Waals surface area contributed by atoms with Crippen molar-refractivity contribution in [1.29, 1.82) is 0 Å². The molecule has 1 N–H and O–H groups in total. The van der Waals surface area contributed by atoms with Gasteiger partial charge in [0.25, 0.3) is 5.91 Å². The van der Waals surface area contributed by atoms with Gasteiger partial charge in [0.05, 0.1) is 11.2 Å². The summed E-state index contributed by atoms with van der Waals surface area (Å²) in [4.78, 5) is 19.9. The van der Waals surface area contributed by atoms with Gasteiger partial charge in [-0.2, -0.15) is 5.10 Å². The fraction of sp³-hybridized carbons (Fsp3) is 0.375. The number of carbonyl (C=O) groups is 1. The van der Waals surface area contributed by atoms with Crippen molar-refractivity contribution in [3.05, 3.63) is 57.3 Å². The molecule has 1 aliphatic heterocycles. The summed E-state index contributed by atoms with van der Waals surface area (Å²) in [6.45, 7) is 5.42. The molecule has 0 spiro atoms. The number of halogens is 1. The monoisotopic (exact) mass is 478 g/mol. The van der Waals surface area contributed by atoms with Gasteiger partial charge in [-0.3, -0.25) is 14.9 Å². The van der Waals surface area contributed by atoms with Crippen LogP contribution in [0.25, 0.3) is 22.2 Å². The molecule has 7 nitrogen and oxygen atoms in total. The van der Waals surface area contributed by atoms with E-state index in [0.29, 0.717) is 22.6 Å². The number of nitrogens with one attached hydrogen (secondary N) is 1. The molecule has 1 saturated heterocycles. The van der Waals surface area contributed by atoms with E-state index in [1.807, 2.05) is 37.1 Å². The first-order valence-electron chi connectivity index (χ1n) is 11.2. The van der Waals surface area contributed by atoms with Gasteiger partial charge >= 0.3 is 0 Å². The van der Waals surface area contributed by atoms with Crippen LogP contribution < -0.4 is 0 Å². The zero-order valence-corrected chi connectivity index (χ0v) is 20.0. The molecule has 1 aliphatic carbocycles. The van der Waals surface area contributed by atoms with Gasteiger partial charge in [-0.05, 0) is 85.8 Å². The third-order valence-corrected chi connectivity index (χ3v) is 8.32. The SMILES string of the molecule is Cc1cc(-c2n[nH]c3cc(Cl)c(C4C[C@@H]5CN(C(=O)c6snnc6C)C[C@@H]5C4)cc23)ccn1. The first kappa shape index (κ1) is 20.7. The van der Waals surface area contributed by atoms with Crippen molar-refractivity contribution in [3.8, 4) is 11.3 Å². The number of aryl methyl sites for hydroxylation is 2. The van der Waals surface area contributed by atoms with Gasteiger partial charge < -0.3 is 4.90 Å². The number of aromatic nitrogens is 5. The fourth-order valence-corrected chi connectivity index (χ4v) is 6.51. The number of H-pyrrole nitrogens is 1. The Labute approximate surface area is 200 Å². The van der Waals surface area contributed by atoms with E-state index in [1.165, 1.54) is 17.1 Å². The molecule has 1 saturated carbocycles. The van der Waals surface area contributed by atoms with E-state index in [9.17, 15) is 4.79 Å². The highest BCUT2D eigenvalue weighted by molar-refractivity contribution is 7.07. The molecule has 1 unspecified atom stereocenters. The zero-order valence-electron chi connectivity index (χ0n) is 18.4. The maximum absolute atomic E-state index is 12.9. The second-order valence-electron chi connectivity index (χ2n) is 9.26. The Morgan fingerprint density at radius 2 is 1.97 bits per heavy atom. The fourth-order valence-electron chi connectivity index (χ4n) is 5.57. The van der Waals surface area contributed by atoms with Crippen LogP contribution in [-0.4, -0.2) is 48.7 Å². The molecule has 2 aliphatic rings. The molecule has 4 aromatic rings. The number of aromatic amines is 1. The van der Waals surface area contributed by atoms with Gasteiger partial charge in [0.2, 0.25) is 0 Å². The van der Waals surface area contributed by atoms with Crippen molar-refractivity contribution in [3.63, 3.8) is 0 Å². The van der Waals surface area contributed by atoms with Crippen molar-refractivity contribution < 1.29 is 4.79 Å². The van der Waals surface area contributed by atoms with Crippen LogP contribution in [0, 0.1) is 25.7 Å². The van der Waals surface area contributed by atoms with Crippen LogP contribution in [0.1, 0.15) is 45.4 Å². The van der Waals surface area contributed by atoms with Gasteiger partial charge in [-0.25, -0.2) is 0 Å². The number of likely N-dealkylation sites (tertiary alicyclic amines) is 1. The molecule has 0 bridgehead atoms. The molecule has 168 valence electrons. The smallest absolute Gasteiger partial charge is 0.267 e. The minimum Gasteiger partial charge on any atom is -0.337 e. The van der Waals surface area contributed by atoms with E-state index in [0.717, 1.165) is 64.5 Å². The molecular weight excluding hydrogens is 456 g/mol. The highest BCUT2D eigenvalue weighted by atomic mass is 35.5. The Balaban J connectivity index is 1.25. The lowest BCUT2D eigenvalue weighted by molar-refractivity contribution is 0.0783. The summed E-state index contributed by atoms with van der Waals surface area (Å²) in [7, 11) is 0. The van der Waals surface area contributed by atoms with Crippen molar-refractivity contribution in [2.24, 2.45) is 11.8 Å². The van der Waals surface area contributed by atoms with Gasteiger partial charge in [0, 0.05) is 41.0 Å². The predicted molar refractivity (Wildman–Crippen MR) is 129 cm³/mol. The lowest BCUT2D eigenvalue weighted by Crippen LogP contribution is -2.29. The Bertz CT molecular complexity index is 1370. The summed E-state index contributed by atoms with van der Waals surface area (Å²) >= 11 is 7.94. The first-order chi connectivity index (χ1) is 16.0. The Morgan fingerprint density at radius 3 is 2.67 bits per heavy atom. The second-order valence-corrected chi connectivity index (χ2v) is 10.4. The van der Waals surface area contributed by atoms with E-state index in [4.69, 9.17) is 11.6 Å². The molecule has 0 radical (unpaired) electrons. The van der Waals surface area contributed by atoms with E-state index in [2.05, 4.69) is 36.9 Å². The largest absolute Gasteiger partial charge is 0.337 e. The lowest BCUT2D eigenvalue weighted by atomic mass is 9.93. The molecular formula is C24H23ClN6OS. The van der Waals surface area contributed by atoms with Crippen LogP contribution in [0.4, 0.5) is 0 Å². The Morgan fingerprint density at radius 1 is 1.18 bits per heavy atom. The number of hydrogen-bond acceptors (Lipinski definition) is 6. The van der Waals surface area contributed by atoms with Gasteiger partial charge in [0.15, 0.2) is 0 Å². The summed E-state index contributed by atoms with van der Waals surface area (Å²) < 4.78 is 3.92. The molecule has 3 aromatic heterocycles. The number of amides is 1. The van der Waals surface area contributed by atoms with Crippen LogP contribution >= 0.6 is 23.1 Å². The van der Waals surface area contributed by atoms with Crippen molar-refractivity contribution in [2.45, 2.75) is 32.6 Å². The standard InChI is InChI=1S/C24H23ClN6OS/c1-12-5-14(3-4-26-12)22-19-8-18(20(25)9-21(19)28-29-22)15-6-16-10-31(11-17(16)7-15)24(32)23-13(2)27-30-33-23/h3-5,8-9,15-17H,6-7,10-11H2,1-2H3,(H,28,29)/t15?,16-,17+. The number of rotatable bonds is 3. The van der Waals surface area contributed by atoms with Crippen molar-refractivity contribution >= 4 is 39.9 Å². The lowest BCUT2D eigenvalue weighted by Gasteiger charge is -2.19. The average molecular weight is 479 g/mol. The highest BCUT2D eigenvalue weighted by Crippen LogP contribution is 2.49. The number of benzene rings is 1. The molecule has 1 aromatic carbocycles. The summed E-state index contributed by atoms with van der Waals surface area (Å²) in [5, 5.41) is 13.6. The average Bonchev–Trinajstić information content (AvgIpc) is 3.55. The summed E-state index contributed by atoms with van der Waals surface area (Å²) in [6.07, 6.45) is 3.90. The molecule has 4 heterocycles. The Hall–Kier alpha value is -2.84. The number of fused-ring (bicyclic) bond motifs is 2. The molecule has 6 rings (SSSR count). The van der Waals surface area contributed by atoms with Crippen LogP contribution in [0.5, 0.6) is 0 Å². The zero-order chi connectivity index (χ0) is 22.7. The van der Waals surface area contributed by atoms with Gasteiger partial charge in [-0.15, -0.1) is 5.10 Å². The first-order valence-corrected chi connectivity index (χ1v) is 12.3. The number of carbonyl (C=O) groups excluding carboxylic acids is 1. The van der Waals surface area contributed by atoms with Crippen molar-refractivity contribution in [2.75, 3.05) is 13.1 Å². The van der Waals surface area contributed by atoms with E-state index >= 15 is 0 Å². The van der Waals surface area contributed by atoms with Crippen LogP contribution in [-0.2, 0) is 0 Å². The Kier molecular flexibility index (Phi) is 4.96. The maximum Gasteiger partial charge on any atom is 0.267 e. The minimum atomic E-state index is 0.0728. The van der Waals surface area contributed by atoms with E-state index in [-0.39, 0.29) is 5.91 Å². The van der Waals surface area contributed by atoms with Gasteiger partial charge in [-0.1, -0.05) is 16.1 Å². The molecule has 2 fully saturated rings. The minimum absolute atomic E-state index is 0.0728. The second kappa shape index (κ2) is 7.88. The topological polar surface area (TPSA) is 87.7 Å². The maximum atomic E-state index is 12.9. The third kappa shape index (κ3) is 3.52. The molecule has 9 heteroatoms. The normalized spacial score (nSPS) is 22.3. The summed E-state index contributed by atoms with van der Waals surface area (Å²) in [6, 6.07) is 8.26. The van der Waals surface area contributed by atoms with Crippen molar-refractivity contribution in [1.82, 2.24) is 29.7 Å². The third-order valence-electron chi connectivity index (χ3n) is 7.17. The molecule has 3 atom stereocenters. The highest BCUT2D eigenvalue weighted by Gasteiger charge is 2.43. The van der Waals surface area contributed by atoms with Crippen LogP contribution in [0.3, 0.4) is 0 Å². The number of nitrogens with zero attached hydrogens (tertiary/aromatic N) is 5. The van der Waals surface area contributed by atoms with Gasteiger partial charge in [0.1, 0.15) is 10.6 Å². The molecule has 1 amide bonds. The number of hydrogen-bond donors (Lipinski definition) is 1. The van der Waals surface area contributed by atoms with Crippen LogP contribution in [0.15, 0.2) is 30.5 Å². The summed E-state index contributed by atoms with van der Waals surface area (Å²) in [5.41, 5.74) is 5.79. The predicted octanol–water partition coefficient (Wildman–Crippen LogP) is 5.01. The van der Waals surface area contributed by atoms with E-state index < -0.39 is 0 Å². The van der Waals surface area contributed by atoms with E-state index in [1.54, 1.807) is 0 Å². The van der Waals surface area contributed by atoms with Crippen LogP contribution in [0.2, 0.25) is 5.02 Å². The summed E-state index contributed by atoms with van der Waals surface area (Å²) in [5.74, 6) is 1.46. The quantitative estimate of drug-likeness (QED) is 0.447. The number of pyridine rings is 1. The molecule has 33 heavy (non-hydrogen) atoms.